The number of rotatable bonds is 9. The Hall–Kier alpha value is -2.25. The monoisotopic (exact) mass is 342 g/mol. The summed E-state index contributed by atoms with van der Waals surface area (Å²) in [5.41, 5.74) is 2.23. The van der Waals surface area contributed by atoms with E-state index in [-0.39, 0.29) is 5.54 Å². The van der Waals surface area contributed by atoms with Crippen LogP contribution in [-0.2, 0) is 23.2 Å². The van der Waals surface area contributed by atoms with Crippen LogP contribution in [0.1, 0.15) is 31.7 Å². The van der Waals surface area contributed by atoms with Gasteiger partial charge in [-0.3, -0.25) is 0 Å². The normalized spacial score (nSPS) is 14.0. The Morgan fingerprint density at radius 1 is 1.32 bits per heavy atom. The van der Waals surface area contributed by atoms with Crippen LogP contribution in [0, 0.1) is 0 Å². The Bertz CT molecular complexity index is 811. The molecule has 0 saturated heterocycles. The van der Waals surface area contributed by atoms with Gasteiger partial charge in [0.25, 0.3) is 0 Å². The third-order valence-corrected chi connectivity index (χ3v) is 4.82. The van der Waals surface area contributed by atoms with E-state index in [1.165, 1.54) is 16.5 Å². The van der Waals surface area contributed by atoms with Gasteiger partial charge in [0.1, 0.15) is 0 Å². The second-order valence-electron chi connectivity index (χ2n) is 6.44. The molecular formula is C18H26N6O. The highest BCUT2D eigenvalue weighted by Gasteiger charge is 2.30. The van der Waals surface area contributed by atoms with Crippen LogP contribution in [0.25, 0.3) is 10.9 Å². The second kappa shape index (κ2) is 7.76. The van der Waals surface area contributed by atoms with Gasteiger partial charge in [0.2, 0.25) is 0 Å². The van der Waals surface area contributed by atoms with E-state index < -0.39 is 0 Å². The summed E-state index contributed by atoms with van der Waals surface area (Å²) in [6, 6.07) is 8.39. The van der Waals surface area contributed by atoms with Gasteiger partial charge in [0.15, 0.2) is 5.82 Å². The van der Waals surface area contributed by atoms with Crippen molar-refractivity contribution in [3.05, 3.63) is 41.9 Å². The predicted octanol–water partition coefficient (Wildman–Crippen LogP) is 2.26. The number of para-hydroxylation sites is 1. The molecule has 0 saturated carbocycles. The third kappa shape index (κ3) is 3.72. The summed E-state index contributed by atoms with van der Waals surface area (Å²) in [4.78, 5) is 3.33. The van der Waals surface area contributed by atoms with E-state index in [2.05, 4.69) is 70.1 Å². The maximum absolute atomic E-state index is 5.15. The van der Waals surface area contributed by atoms with Gasteiger partial charge in [0, 0.05) is 30.8 Å². The number of nitrogens with one attached hydrogen (secondary N) is 2. The second-order valence-corrected chi connectivity index (χ2v) is 6.44. The molecule has 0 bridgehead atoms. The van der Waals surface area contributed by atoms with Crippen LogP contribution >= 0.6 is 0 Å². The Morgan fingerprint density at radius 2 is 2.16 bits per heavy atom. The fourth-order valence-electron chi connectivity index (χ4n) is 3.10. The molecule has 0 fully saturated rings. The quantitative estimate of drug-likeness (QED) is 0.623. The summed E-state index contributed by atoms with van der Waals surface area (Å²) in [6.45, 7) is 6.39. The van der Waals surface area contributed by atoms with Gasteiger partial charge in [-0.05, 0) is 41.8 Å². The van der Waals surface area contributed by atoms with Gasteiger partial charge >= 0.3 is 0 Å². The average molecular weight is 342 g/mol. The van der Waals surface area contributed by atoms with Crippen LogP contribution in [0.4, 0.5) is 0 Å². The molecule has 0 spiro atoms. The SMILES string of the molecule is CC[C@@](C)(NCCc1c[nH]c2ccccc12)c1nnnn1CCOC. The molecule has 134 valence electrons. The summed E-state index contributed by atoms with van der Waals surface area (Å²) in [5, 5.41) is 17.1. The first-order chi connectivity index (χ1) is 12.2. The van der Waals surface area contributed by atoms with Gasteiger partial charge < -0.3 is 15.0 Å². The molecule has 25 heavy (non-hydrogen) atoms. The highest BCUT2D eigenvalue weighted by atomic mass is 16.5. The first-order valence-electron chi connectivity index (χ1n) is 8.73. The highest BCUT2D eigenvalue weighted by molar-refractivity contribution is 5.83. The smallest absolute Gasteiger partial charge is 0.171 e. The number of tetrazole rings is 1. The van der Waals surface area contributed by atoms with Crippen LogP contribution in [0.3, 0.4) is 0 Å². The number of ether oxygens (including phenoxy) is 1. The van der Waals surface area contributed by atoms with Crippen molar-refractivity contribution >= 4 is 10.9 Å². The molecule has 0 amide bonds. The fraction of sp³-hybridized carbons (Fsp3) is 0.500. The maximum atomic E-state index is 5.15. The molecule has 0 aliphatic rings. The Kier molecular flexibility index (Phi) is 5.45. The van der Waals surface area contributed by atoms with E-state index in [0.29, 0.717) is 13.2 Å². The van der Waals surface area contributed by atoms with Crippen molar-refractivity contribution in [2.45, 2.75) is 38.8 Å². The molecular weight excluding hydrogens is 316 g/mol. The van der Waals surface area contributed by atoms with Crippen molar-refractivity contribution in [1.29, 1.82) is 0 Å². The summed E-state index contributed by atoms with van der Waals surface area (Å²) >= 11 is 0. The van der Waals surface area contributed by atoms with E-state index in [0.717, 1.165) is 25.2 Å². The number of aromatic nitrogens is 5. The lowest BCUT2D eigenvalue weighted by molar-refractivity contribution is 0.178. The van der Waals surface area contributed by atoms with Crippen molar-refractivity contribution in [2.24, 2.45) is 0 Å². The molecule has 2 N–H and O–H groups in total. The summed E-state index contributed by atoms with van der Waals surface area (Å²) < 4.78 is 6.97. The van der Waals surface area contributed by atoms with E-state index in [1.807, 2.05) is 4.68 Å². The van der Waals surface area contributed by atoms with E-state index in [9.17, 15) is 0 Å². The minimum Gasteiger partial charge on any atom is -0.383 e. The van der Waals surface area contributed by atoms with Gasteiger partial charge in [-0.1, -0.05) is 25.1 Å². The van der Waals surface area contributed by atoms with Crippen molar-refractivity contribution in [2.75, 3.05) is 20.3 Å². The van der Waals surface area contributed by atoms with Crippen molar-refractivity contribution in [3.63, 3.8) is 0 Å². The largest absolute Gasteiger partial charge is 0.383 e. The summed E-state index contributed by atoms with van der Waals surface area (Å²) in [6.07, 6.45) is 3.94. The van der Waals surface area contributed by atoms with Crippen LogP contribution in [0.5, 0.6) is 0 Å². The fourth-order valence-corrected chi connectivity index (χ4v) is 3.10. The minimum absolute atomic E-state index is 0.274. The number of benzene rings is 1. The van der Waals surface area contributed by atoms with Crippen molar-refractivity contribution in [1.82, 2.24) is 30.5 Å². The molecule has 2 heterocycles. The van der Waals surface area contributed by atoms with Gasteiger partial charge in [-0.15, -0.1) is 5.10 Å². The number of hydrogen-bond donors (Lipinski definition) is 2. The Balaban J connectivity index is 1.68. The van der Waals surface area contributed by atoms with Gasteiger partial charge in [0.05, 0.1) is 18.7 Å². The van der Waals surface area contributed by atoms with Crippen LogP contribution in [0.15, 0.2) is 30.5 Å². The molecule has 3 aromatic rings. The molecule has 1 atom stereocenters. The molecule has 0 radical (unpaired) electrons. The number of aromatic amines is 1. The third-order valence-electron chi connectivity index (χ3n) is 4.82. The van der Waals surface area contributed by atoms with E-state index >= 15 is 0 Å². The Labute approximate surface area is 147 Å². The van der Waals surface area contributed by atoms with Crippen molar-refractivity contribution < 1.29 is 4.74 Å². The molecule has 0 aliphatic heterocycles. The molecule has 0 aliphatic carbocycles. The predicted molar refractivity (Wildman–Crippen MR) is 97.3 cm³/mol. The van der Waals surface area contributed by atoms with Crippen LogP contribution in [0.2, 0.25) is 0 Å². The highest BCUT2D eigenvalue weighted by Crippen LogP contribution is 2.23. The molecule has 1 aromatic carbocycles. The van der Waals surface area contributed by atoms with Crippen LogP contribution < -0.4 is 5.32 Å². The summed E-state index contributed by atoms with van der Waals surface area (Å²) in [5.74, 6) is 0.853. The first-order valence-corrected chi connectivity index (χ1v) is 8.73. The van der Waals surface area contributed by atoms with Crippen molar-refractivity contribution in [3.8, 4) is 0 Å². The zero-order valence-electron chi connectivity index (χ0n) is 15.1. The average Bonchev–Trinajstić information content (AvgIpc) is 3.27. The van der Waals surface area contributed by atoms with Crippen LogP contribution in [-0.4, -0.2) is 45.5 Å². The van der Waals surface area contributed by atoms with E-state index in [4.69, 9.17) is 4.74 Å². The number of H-pyrrole nitrogens is 1. The topological polar surface area (TPSA) is 80.7 Å². The van der Waals surface area contributed by atoms with Gasteiger partial charge in [-0.2, -0.15) is 0 Å². The maximum Gasteiger partial charge on any atom is 0.171 e. The lowest BCUT2D eigenvalue weighted by atomic mass is 9.97. The molecule has 2 aromatic heterocycles. The molecule has 7 heteroatoms. The number of methoxy groups -OCH3 is 1. The standard InChI is InChI=1S/C18H26N6O/c1-4-18(2,17-21-22-23-24(17)11-12-25-3)20-10-9-14-13-19-16-8-6-5-7-15(14)16/h5-8,13,19-20H,4,9-12H2,1-3H3/t18-/m1/s1. The molecule has 7 nitrogen and oxygen atoms in total. The zero-order valence-corrected chi connectivity index (χ0v) is 15.1. The first kappa shape index (κ1) is 17.6. The lowest BCUT2D eigenvalue weighted by Gasteiger charge is -2.28. The molecule has 0 unspecified atom stereocenters. The lowest BCUT2D eigenvalue weighted by Crippen LogP contribution is -2.42. The van der Waals surface area contributed by atoms with Gasteiger partial charge in [-0.25, -0.2) is 4.68 Å². The molecule has 3 rings (SSSR count). The number of hydrogen-bond acceptors (Lipinski definition) is 5. The number of fused-ring (bicyclic) bond motifs is 1. The zero-order chi connectivity index (χ0) is 17.7. The Morgan fingerprint density at radius 3 is 2.96 bits per heavy atom. The minimum atomic E-state index is -0.274. The summed E-state index contributed by atoms with van der Waals surface area (Å²) in [7, 11) is 1.68. The van der Waals surface area contributed by atoms with E-state index in [1.54, 1.807) is 7.11 Å². The number of nitrogens with zero attached hydrogens (tertiary/aromatic N) is 4.